The largest absolute Gasteiger partial charge is 0.490 e. The van der Waals surface area contributed by atoms with Crippen molar-refractivity contribution in [3.05, 3.63) is 58.6 Å². The van der Waals surface area contributed by atoms with Crippen molar-refractivity contribution in [1.82, 2.24) is 5.32 Å². The molecule has 5 heteroatoms. The number of amides is 2. The van der Waals surface area contributed by atoms with E-state index in [1.807, 2.05) is 44.2 Å². The molecule has 0 aliphatic heterocycles. The van der Waals surface area contributed by atoms with E-state index in [9.17, 15) is 4.79 Å². The van der Waals surface area contributed by atoms with E-state index >= 15 is 0 Å². The van der Waals surface area contributed by atoms with Gasteiger partial charge in [-0.05, 0) is 37.6 Å². The summed E-state index contributed by atoms with van der Waals surface area (Å²) in [6.07, 6.45) is 0. The van der Waals surface area contributed by atoms with Gasteiger partial charge in [-0.1, -0.05) is 41.4 Å². The van der Waals surface area contributed by atoms with Crippen molar-refractivity contribution in [2.45, 2.75) is 13.8 Å². The Morgan fingerprint density at radius 1 is 1.18 bits per heavy atom. The van der Waals surface area contributed by atoms with Crippen molar-refractivity contribution in [3.63, 3.8) is 0 Å². The van der Waals surface area contributed by atoms with Crippen molar-refractivity contribution in [2.24, 2.45) is 0 Å². The summed E-state index contributed by atoms with van der Waals surface area (Å²) in [5, 5.41) is 6.12. The van der Waals surface area contributed by atoms with Crippen LogP contribution in [0.25, 0.3) is 0 Å². The van der Waals surface area contributed by atoms with Gasteiger partial charge in [-0.2, -0.15) is 0 Å². The fraction of sp³-hybridized carbons (Fsp3) is 0.235. The summed E-state index contributed by atoms with van der Waals surface area (Å²) in [5.41, 5.74) is 2.99. The van der Waals surface area contributed by atoms with Crippen LogP contribution in [-0.2, 0) is 0 Å². The maximum Gasteiger partial charge on any atom is 0.319 e. The molecule has 2 aromatic carbocycles. The van der Waals surface area contributed by atoms with Gasteiger partial charge in [-0.25, -0.2) is 4.79 Å². The molecule has 2 amide bonds. The van der Waals surface area contributed by atoms with E-state index in [0.29, 0.717) is 23.9 Å². The first kappa shape index (κ1) is 16.2. The Labute approximate surface area is 135 Å². The molecule has 0 aliphatic rings. The molecule has 0 atom stereocenters. The fourth-order valence-electron chi connectivity index (χ4n) is 2.01. The van der Waals surface area contributed by atoms with Crippen molar-refractivity contribution in [3.8, 4) is 5.75 Å². The van der Waals surface area contributed by atoms with E-state index < -0.39 is 0 Å². The molecule has 0 bridgehead atoms. The van der Waals surface area contributed by atoms with Gasteiger partial charge in [0.25, 0.3) is 0 Å². The zero-order chi connectivity index (χ0) is 15.9. The molecule has 2 aromatic rings. The molecule has 116 valence electrons. The molecule has 0 aliphatic carbocycles. The van der Waals surface area contributed by atoms with Gasteiger partial charge in [-0.3, -0.25) is 0 Å². The lowest BCUT2D eigenvalue weighted by molar-refractivity contribution is 0.247. The quantitative estimate of drug-likeness (QED) is 0.813. The molecule has 0 radical (unpaired) electrons. The van der Waals surface area contributed by atoms with Crippen LogP contribution in [0.5, 0.6) is 5.75 Å². The van der Waals surface area contributed by atoms with Crippen LogP contribution in [0.15, 0.2) is 42.5 Å². The van der Waals surface area contributed by atoms with Crippen molar-refractivity contribution in [2.75, 3.05) is 18.5 Å². The summed E-state index contributed by atoms with van der Waals surface area (Å²) in [7, 11) is 0. The van der Waals surface area contributed by atoms with Gasteiger partial charge < -0.3 is 15.4 Å². The number of anilines is 1. The van der Waals surface area contributed by atoms with E-state index in [-0.39, 0.29) is 6.03 Å². The number of nitrogens with one attached hydrogen (secondary N) is 2. The lowest BCUT2D eigenvalue weighted by Gasteiger charge is -2.11. The second-order valence-electron chi connectivity index (χ2n) is 4.98. The first-order valence-electron chi connectivity index (χ1n) is 7.05. The highest BCUT2D eigenvalue weighted by atomic mass is 35.5. The third-order valence-electron chi connectivity index (χ3n) is 3.11. The van der Waals surface area contributed by atoms with E-state index in [2.05, 4.69) is 10.6 Å². The van der Waals surface area contributed by atoms with Crippen LogP contribution < -0.4 is 15.4 Å². The smallest absolute Gasteiger partial charge is 0.319 e. The van der Waals surface area contributed by atoms with Gasteiger partial charge in [0, 0.05) is 5.69 Å². The van der Waals surface area contributed by atoms with Crippen molar-refractivity contribution >= 4 is 23.3 Å². The number of para-hydroxylation sites is 1. The highest BCUT2D eigenvalue weighted by Crippen LogP contribution is 2.22. The van der Waals surface area contributed by atoms with Gasteiger partial charge >= 0.3 is 6.03 Å². The van der Waals surface area contributed by atoms with Crippen LogP contribution in [0.4, 0.5) is 10.5 Å². The maximum atomic E-state index is 11.8. The molecular formula is C17H19ClN2O2. The Balaban J connectivity index is 1.75. The summed E-state index contributed by atoms with van der Waals surface area (Å²) in [6, 6.07) is 12.9. The van der Waals surface area contributed by atoms with E-state index in [0.717, 1.165) is 16.8 Å². The van der Waals surface area contributed by atoms with Crippen molar-refractivity contribution in [1.29, 1.82) is 0 Å². The molecule has 0 unspecified atom stereocenters. The Morgan fingerprint density at radius 2 is 1.95 bits per heavy atom. The number of aryl methyl sites for hydroxylation is 2. The van der Waals surface area contributed by atoms with Crippen LogP contribution in [-0.4, -0.2) is 19.2 Å². The Hall–Kier alpha value is -2.20. The van der Waals surface area contributed by atoms with Gasteiger partial charge in [0.1, 0.15) is 12.4 Å². The third-order valence-corrected chi connectivity index (χ3v) is 3.42. The molecule has 2 rings (SSSR count). The zero-order valence-corrected chi connectivity index (χ0v) is 13.4. The molecule has 0 fully saturated rings. The van der Waals surface area contributed by atoms with Gasteiger partial charge in [0.15, 0.2) is 0 Å². The number of halogens is 1. The van der Waals surface area contributed by atoms with Crippen LogP contribution in [0.3, 0.4) is 0 Å². The number of hydrogen-bond donors (Lipinski definition) is 2. The summed E-state index contributed by atoms with van der Waals surface area (Å²) >= 11 is 5.98. The standard InChI is InChI=1S/C17H19ClN2O2/c1-12-7-8-15(13(2)11-12)20-17(21)19-9-10-22-16-6-4-3-5-14(16)18/h3-8,11H,9-10H2,1-2H3,(H2,19,20,21). The lowest BCUT2D eigenvalue weighted by Crippen LogP contribution is -2.32. The molecule has 4 nitrogen and oxygen atoms in total. The van der Waals surface area contributed by atoms with Crippen LogP contribution in [0.1, 0.15) is 11.1 Å². The van der Waals surface area contributed by atoms with E-state index in [1.165, 1.54) is 0 Å². The number of carbonyl (C=O) groups is 1. The Morgan fingerprint density at radius 3 is 2.68 bits per heavy atom. The monoisotopic (exact) mass is 318 g/mol. The normalized spacial score (nSPS) is 10.1. The second-order valence-corrected chi connectivity index (χ2v) is 5.39. The average Bonchev–Trinajstić information content (AvgIpc) is 2.48. The number of hydrogen-bond acceptors (Lipinski definition) is 2. The minimum absolute atomic E-state index is 0.255. The molecule has 2 N–H and O–H groups in total. The summed E-state index contributed by atoms with van der Waals surface area (Å²) in [5.74, 6) is 0.612. The van der Waals surface area contributed by atoms with Gasteiger partial charge in [0.05, 0.1) is 11.6 Å². The predicted molar refractivity (Wildman–Crippen MR) is 89.9 cm³/mol. The predicted octanol–water partition coefficient (Wildman–Crippen LogP) is 4.16. The Bertz CT molecular complexity index is 659. The molecule has 0 saturated heterocycles. The van der Waals surface area contributed by atoms with E-state index in [4.69, 9.17) is 16.3 Å². The molecule has 0 saturated carbocycles. The highest BCUT2D eigenvalue weighted by molar-refractivity contribution is 6.32. The molecular weight excluding hydrogens is 300 g/mol. The first-order chi connectivity index (χ1) is 10.6. The van der Waals surface area contributed by atoms with Crippen molar-refractivity contribution < 1.29 is 9.53 Å². The Kier molecular flexibility index (Phi) is 5.67. The van der Waals surface area contributed by atoms with Gasteiger partial charge in [0.2, 0.25) is 0 Å². The molecule has 0 spiro atoms. The first-order valence-corrected chi connectivity index (χ1v) is 7.43. The van der Waals surface area contributed by atoms with Crippen LogP contribution in [0, 0.1) is 13.8 Å². The van der Waals surface area contributed by atoms with E-state index in [1.54, 1.807) is 12.1 Å². The van der Waals surface area contributed by atoms with Gasteiger partial charge in [-0.15, -0.1) is 0 Å². The maximum absolute atomic E-state index is 11.8. The molecule has 22 heavy (non-hydrogen) atoms. The summed E-state index contributed by atoms with van der Waals surface area (Å²) in [6.45, 7) is 4.72. The highest BCUT2D eigenvalue weighted by Gasteiger charge is 2.04. The topological polar surface area (TPSA) is 50.4 Å². The summed E-state index contributed by atoms with van der Waals surface area (Å²) < 4.78 is 5.50. The van der Waals surface area contributed by atoms with Crippen LogP contribution >= 0.6 is 11.6 Å². The zero-order valence-electron chi connectivity index (χ0n) is 12.7. The lowest BCUT2D eigenvalue weighted by atomic mass is 10.1. The number of urea groups is 1. The van der Waals surface area contributed by atoms with Crippen LogP contribution in [0.2, 0.25) is 5.02 Å². The second kappa shape index (κ2) is 7.71. The number of rotatable bonds is 5. The number of benzene rings is 2. The number of carbonyl (C=O) groups excluding carboxylic acids is 1. The molecule has 0 aromatic heterocycles. The minimum Gasteiger partial charge on any atom is -0.490 e. The summed E-state index contributed by atoms with van der Waals surface area (Å²) in [4.78, 5) is 11.8. The third kappa shape index (κ3) is 4.67. The fourth-order valence-corrected chi connectivity index (χ4v) is 2.20. The molecule has 0 heterocycles. The average molecular weight is 319 g/mol. The number of ether oxygens (including phenoxy) is 1. The minimum atomic E-state index is -0.255. The SMILES string of the molecule is Cc1ccc(NC(=O)NCCOc2ccccc2Cl)c(C)c1.